The van der Waals surface area contributed by atoms with E-state index in [-0.39, 0.29) is 81.6 Å². The van der Waals surface area contributed by atoms with Crippen LogP contribution in [0.3, 0.4) is 0 Å². The predicted octanol–water partition coefficient (Wildman–Crippen LogP) is 3.01. The Morgan fingerprint density at radius 2 is 1.86 bits per heavy atom. The van der Waals surface area contributed by atoms with Crippen LogP contribution in [0.2, 0.25) is 0 Å². The Labute approximate surface area is 255 Å². The summed E-state index contributed by atoms with van der Waals surface area (Å²) in [6, 6.07) is 9.58. The lowest BCUT2D eigenvalue weighted by atomic mass is 9.89. The van der Waals surface area contributed by atoms with Crippen LogP contribution in [-0.2, 0) is 27.4 Å². The highest BCUT2D eigenvalue weighted by molar-refractivity contribution is 7.89. The van der Waals surface area contributed by atoms with E-state index in [9.17, 15) is 36.3 Å². The minimum absolute atomic E-state index is 0. The maximum absolute atomic E-state index is 13.2. The second-order valence-electron chi connectivity index (χ2n) is 11.1. The van der Waals surface area contributed by atoms with Crippen molar-refractivity contribution in [1.29, 1.82) is 0 Å². The van der Waals surface area contributed by atoms with Crippen molar-refractivity contribution < 1.29 is 36.3 Å². The summed E-state index contributed by atoms with van der Waals surface area (Å²) < 4.78 is 67.2. The van der Waals surface area contributed by atoms with Crippen molar-refractivity contribution >= 4 is 41.2 Å². The topological polar surface area (TPSA) is 119 Å². The van der Waals surface area contributed by atoms with Crippen molar-refractivity contribution in [3.8, 4) is 0 Å². The van der Waals surface area contributed by atoms with Gasteiger partial charge in [-0.25, -0.2) is 12.7 Å². The number of rotatable bonds is 7. The summed E-state index contributed by atoms with van der Waals surface area (Å²) >= 11 is 0. The number of amides is 2. The predicted molar refractivity (Wildman–Crippen MR) is 160 cm³/mol. The van der Waals surface area contributed by atoms with Gasteiger partial charge in [0.2, 0.25) is 10.0 Å². The number of benzene rings is 2. The zero-order valence-corrected chi connectivity index (χ0v) is 25.5. The maximum atomic E-state index is 13.2. The van der Waals surface area contributed by atoms with Gasteiger partial charge in [-0.1, -0.05) is 18.2 Å². The fourth-order valence-corrected chi connectivity index (χ4v) is 7.38. The van der Waals surface area contributed by atoms with Gasteiger partial charge in [-0.15, -0.1) is 0 Å². The molecular weight excluding hydrogens is 605 g/mol. The number of aliphatic hydroxyl groups is 1. The van der Waals surface area contributed by atoms with E-state index in [0.717, 1.165) is 36.1 Å². The highest BCUT2D eigenvalue weighted by Gasteiger charge is 2.47. The number of alkyl halides is 3. The molecular formula is C29H35F3N4O5S2. The Morgan fingerprint density at radius 1 is 1.14 bits per heavy atom. The van der Waals surface area contributed by atoms with E-state index >= 15 is 0 Å². The third kappa shape index (κ3) is 6.76. The lowest BCUT2D eigenvalue weighted by molar-refractivity contribution is -0.137. The molecule has 2 saturated heterocycles. The molecule has 14 heteroatoms. The van der Waals surface area contributed by atoms with Gasteiger partial charge >= 0.3 is 6.18 Å². The van der Waals surface area contributed by atoms with E-state index < -0.39 is 33.2 Å². The maximum Gasteiger partial charge on any atom is 0.416 e. The lowest BCUT2D eigenvalue weighted by Crippen LogP contribution is -2.50. The van der Waals surface area contributed by atoms with Crippen LogP contribution in [0.25, 0.3) is 0 Å². The largest absolute Gasteiger partial charge is 0.416 e. The first kappa shape index (κ1) is 33.0. The van der Waals surface area contributed by atoms with E-state index in [2.05, 4.69) is 10.3 Å². The highest BCUT2D eigenvalue weighted by Crippen LogP contribution is 2.34. The molecule has 3 aliphatic rings. The number of aliphatic imine (C=N–C) groups is 1. The van der Waals surface area contributed by atoms with E-state index in [4.69, 9.17) is 0 Å². The number of nitrogens with zero attached hydrogens (tertiary/aromatic N) is 3. The Bertz CT molecular complexity index is 1520. The lowest BCUT2D eigenvalue weighted by Gasteiger charge is -2.34. The van der Waals surface area contributed by atoms with E-state index in [0.29, 0.717) is 12.1 Å². The number of aryl methyl sites for hydroxylation is 2. The molecule has 0 unspecified atom stereocenters. The Morgan fingerprint density at radius 3 is 2.51 bits per heavy atom. The number of piperidine rings is 1. The summed E-state index contributed by atoms with van der Waals surface area (Å²) in [5.74, 6) is -0.698. The second kappa shape index (κ2) is 12.6. The fraction of sp³-hybridized carbons (Fsp3) is 0.483. The van der Waals surface area contributed by atoms with E-state index in [1.165, 1.54) is 16.4 Å². The van der Waals surface area contributed by atoms with Crippen molar-refractivity contribution in [2.24, 2.45) is 4.99 Å². The summed E-state index contributed by atoms with van der Waals surface area (Å²) in [7, 11) is -3.67. The molecule has 0 aromatic heterocycles. The normalized spacial score (nSPS) is 20.6. The van der Waals surface area contributed by atoms with Gasteiger partial charge in [-0.05, 0) is 74.4 Å². The number of likely N-dealkylation sites (tertiary alicyclic amines) is 1. The Balaban J connectivity index is 0.00000423. The van der Waals surface area contributed by atoms with Gasteiger partial charge in [0.15, 0.2) is 0 Å². The quantitative estimate of drug-likeness (QED) is 0.483. The number of carbonyl (C=O) groups excluding carboxylic acids is 2. The monoisotopic (exact) mass is 640 g/mol. The molecule has 0 radical (unpaired) electrons. The zero-order valence-electron chi connectivity index (χ0n) is 23.7. The van der Waals surface area contributed by atoms with Crippen LogP contribution in [-0.4, -0.2) is 84.0 Å². The van der Waals surface area contributed by atoms with Crippen LogP contribution in [0.1, 0.15) is 58.3 Å². The van der Waals surface area contributed by atoms with Gasteiger partial charge in [0.25, 0.3) is 11.8 Å². The summed E-state index contributed by atoms with van der Waals surface area (Å²) in [4.78, 5) is 31.9. The summed E-state index contributed by atoms with van der Waals surface area (Å²) in [5, 5.41) is 12.1. The minimum Gasteiger partial charge on any atom is -0.394 e. The summed E-state index contributed by atoms with van der Waals surface area (Å²) in [6.07, 6.45) is -2.46. The molecule has 0 aliphatic carbocycles. The third-order valence-electron chi connectivity index (χ3n) is 8.45. The second-order valence-corrected chi connectivity index (χ2v) is 13.2. The minimum atomic E-state index is -4.54. The van der Waals surface area contributed by atoms with Crippen LogP contribution in [0.4, 0.5) is 13.2 Å². The molecule has 0 bridgehead atoms. The molecule has 234 valence electrons. The standard InChI is InChI=1S/C29H33F3N4O5S.H2S/c1-19-16-22(26(38)36-12-3-6-24(36)18-37)8-7-20(19)9-15-42(40,41)35-13-10-28(11-14-35)27(39)33-25(34-28)21-4-2-5-23(17-21)29(30,31)32;/h2,4-5,7-8,16-17,24,37H,3,6,9-15,18H2,1H3,(H,33,34,39);1H2/t24-;/m0./s1. The molecule has 2 fully saturated rings. The van der Waals surface area contributed by atoms with Crippen molar-refractivity contribution in [1.82, 2.24) is 14.5 Å². The number of hydrogen-bond acceptors (Lipinski definition) is 6. The SMILES string of the molecule is Cc1cc(C(=O)N2CCC[C@H]2CO)ccc1CCS(=O)(=O)N1CCC2(CC1)N=C(c1cccc(C(F)(F)F)c1)NC2=O.S. The van der Waals surface area contributed by atoms with Crippen molar-refractivity contribution in [3.05, 3.63) is 70.3 Å². The number of halogens is 3. The number of nitrogens with one attached hydrogen (secondary N) is 1. The van der Waals surface area contributed by atoms with Crippen LogP contribution in [0.5, 0.6) is 0 Å². The molecule has 43 heavy (non-hydrogen) atoms. The molecule has 3 aliphatic heterocycles. The zero-order chi connectivity index (χ0) is 30.3. The first-order valence-electron chi connectivity index (χ1n) is 13.9. The summed E-state index contributed by atoms with van der Waals surface area (Å²) in [6.45, 7) is 2.47. The van der Waals surface area contributed by atoms with Gasteiger partial charge in [-0.2, -0.15) is 26.7 Å². The highest BCUT2D eigenvalue weighted by atomic mass is 32.2. The first-order chi connectivity index (χ1) is 19.8. The molecule has 5 rings (SSSR count). The number of amidine groups is 1. The van der Waals surface area contributed by atoms with Crippen LogP contribution in [0.15, 0.2) is 47.5 Å². The number of hydrogen-bond donors (Lipinski definition) is 2. The number of sulfonamides is 1. The van der Waals surface area contributed by atoms with Crippen LogP contribution in [0, 0.1) is 6.92 Å². The molecule has 2 aromatic carbocycles. The molecule has 3 heterocycles. The molecule has 1 spiro atoms. The van der Waals surface area contributed by atoms with Crippen molar-refractivity contribution in [2.75, 3.05) is 32.0 Å². The number of carbonyl (C=O) groups is 2. The van der Waals surface area contributed by atoms with E-state index in [1.54, 1.807) is 23.1 Å². The Kier molecular flexibility index (Phi) is 9.64. The Hall–Kier alpha value is -2.94. The van der Waals surface area contributed by atoms with Gasteiger partial charge in [0, 0.05) is 30.8 Å². The molecule has 2 aromatic rings. The molecule has 2 amide bonds. The fourth-order valence-electron chi connectivity index (χ4n) is 5.91. The van der Waals surface area contributed by atoms with Gasteiger partial charge < -0.3 is 15.3 Å². The smallest absolute Gasteiger partial charge is 0.394 e. The average molecular weight is 641 g/mol. The van der Waals surface area contributed by atoms with Crippen molar-refractivity contribution in [3.63, 3.8) is 0 Å². The molecule has 9 nitrogen and oxygen atoms in total. The third-order valence-corrected chi connectivity index (χ3v) is 10.3. The van der Waals surface area contributed by atoms with Gasteiger partial charge in [0.1, 0.15) is 11.4 Å². The van der Waals surface area contributed by atoms with Gasteiger partial charge in [0.05, 0.1) is 24.0 Å². The number of aliphatic hydroxyl groups excluding tert-OH is 1. The van der Waals surface area contributed by atoms with Crippen molar-refractivity contribution in [2.45, 2.75) is 56.8 Å². The molecule has 2 N–H and O–H groups in total. The van der Waals surface area contributed by atoms with Crippen LogP contribution >= 0.6 is 13.5 Å². The molecule has 0 saturated carbocycles. The van der Waals surface area contributed by atoms with E-state index in [1.807, 2.05) is 6.92 Å². The first-order valence-corrected chi connectivity index (χ1v) is 15.5. The molecule has 1 atom stereocenters. The van der Waals surface area contributed by atoms with Crippen LogP contribution < -0.4 is 5.32 Å². The van der Waals surface area contributed by atoms with Gasteiger partial charge in [-0.3, -0.25) is 14.6 Å². The summed E-state index contributed by atoms with van der Waals surface area (Å²) in [5.41, 5.74) is 0.167. The average Bonchev–Trinajstić information content (AvgIpc) is 3.56.